The fourth-order valence-electron chi connectivity index (χ4n) is 4.61. The molecule has 42 heavy (non-hydrogen) atoms. The molecule has 9 heteroatoms. The Hall–Kier alpha value is -3.72. The molecule has 0 spiro atoms. The molecular formula is C33H42FN3O4S. The molecule has 0 aliphatic heterocycles. The third kappa shape index (κ3) is 9.14. The SMILES string of the molecule is CCCCNC(=O)C(Cc1ccccc1)N(Cc1ccccc1F)C(=O)CN(c1ccc(C(C)(C)C)cc1)S(C)(=O)=O. The molecule has 0 radical (unpaired) electrons. The lowest BCUT2D eigenvalue weighted by molar-refractivity contribution is -0.140. The van der Waals surface area contributed by atoms with Gasteiger partial charge in [-0.05, 0) is 41.2 Å². The number of rotatable bonds is 13. The number of amides is 2. The van der Waals surface area contributed by atoms with Gasteiger partial charge in [0.15, 0.2) is 0 Å². The van der Waals surface area contributed by atoms with E-state index in [1.165, 1.54) is 11.0 Å². The molecule has 0 saturated carbocycles. The summed E-state index contributed by atoms with van der Waals surface area (Å²) in [6.07, 6.45) is 2.85. The van der Waals surface area contributed by atoms with Crippen molar-refractivity contribution in [3.63, 3.8) is 0 Å². The lowest BCUT2D eigenvalue weighted by Gasteiger charge is -2.33. The van der Waals surface area contributed by atoms with E-state index in [-0.39, 0.29) is 29.9 Å². The normalized spacial score (nSPS) is 12.4. The predicted octanol–water partition coefficient (Wildman–Crippen LogP) is 5.45. The van der Waals surface area contributed by atoms with Gasteiger partial charge in [-0.1, -0.05) is 94.8 Å². The quantitative estimate of drug-likeness (QED) is 0.267. The first-order chi connectivity index (χ1) is 19.8. The van der Waals surface area contributed by atoms with Crippen molar-refractivity contribution in [1.29, 1.82) is 0 Å². The molecule has 226 valence electrons. The van der Waals surface area contributed by atoms with Crippen molar-refractivity contribution in [2.75, 3.05) is 23.7 Å². The van der Waals surface area contributed by atoms with Crippen LogP contribution in [-0.4, -0.2) is 50.5 Å². The number of halogens is 1. The van der Waals surface area contributed by atoms with E-state index in [9.17, 15) is 22.4 Å². The summed E-state index contributed by atoms with van der Waals surface area (Å²) in [5.74, 6) is -1.51. The van der Waals surface area contributed by atoms with E-state index in [1.807, 2.05) is 49.4 Å². The third-order valence-electron chi connectivity index (χ3n) is 7.10. The van der Waals surface area contributed by atoms with Crippen LogP contribution < -0.4 is 9.62 Å². The number of carbonyl (C=O) groups excluding carboxylic acids is 2. The van der Waals surface area contributed by atoms with Crippen LogP contribution in [0.3, 0.4) is 0 Å². The molecule has 0 fully saturated rings. The highest BCUT2D eigenvalue weighted by molar-refractivity contribution is 7.92. The molecule has 2 amide bonds. The highest BCUT2D eigenvalue weighted by atomic mass is 32.2. The Balaban J connectivity index is 2.04. The van der Waals surface area contributed by atoms with E-state index >= 15 is 0 Å². The van der Waals surface area contributed by atoms with Crippen molar-refractivity contribution in [3.8, 4) is 0 Å². The standard InChI is InChI=1S/C33H42FN3O4S/c1-6-7-21-35-32(39)30(22-25-13-9-8-10-14-25)36(23-26-15-11-12-16-29(26)34)31(38)24-37(42(5,40)41)28-19-17-27(18-20-28)33(2,3)4/h8-20,30H,6-7,21-24H2,1-5H3,(H,35,39). The maximum atomic E-state index is 14.9. The van der Waals surface area contributed by atoms with Gasteiger partial charge < -0.3 is 10.2 Å². The summed E-state index contributed by atoms with van der Waals surface area (Å²) in [6, 6.07) is 21.4. The number of nitrogens with zero attached hydrogens (tertiary/aromatic N) is 2. The average molecular weight is 596 g/mol. The smallest absolute Gasteiger partial charge is 0.244 e. The number of unbranched alkanes of at least 4 members (excludes halogenated alkanes) is 1. The number of hydrogen-bond donors (Lipinski definition) is 1. The molecule has 1 unspecified atom stereocenters. The molecule has 1 N–H and O–H groups in total. The Labute approximate surface area is 249 Å². The average Bonchev–Trinajstić information content (AvgIpc) is 2.94. The summed E-state index contributed by atoms with van der Waals surface area (Å²) in [4.78, 5) is 29.0. The van der Waals surface area contributed by atoms with Crippen LogP contribution in [0.2, 0.25) is 0 Å². The molecule has 0 aliphatic rings. The van der Waals surface area contributed by atoms with Crippen molar-refractivity contribution in [2.24, 2.45) is 0 Å². The first kappa shape index (κ1) is 32.8. The zero-order chi connectivity index (χ0) is 30.9. The maximum Gasteiger partial charge on any atom is 0.244 e. The van der Waals surface area contributed by atoms with Gasteiger partial charge in [0.25, 0.3) is 0 Å². The fourth-order valence-corrected chi connectivity index (χ4v) is 5.46. The maximum absolute atomic E-state index is 14.9. The van der Waals surface area contributed by atoms with Gasteiger partial charge in [-0.2, -0.15) is 0 Å². The number of carbonyl (C=O) groups is 2. The van der Waals surface area contributed by atoms with Crippen LogP contribution in [0.15, 0.2) is 78.9 Å². The van der Waals surface area contributed by atoms with E-state index in [0.29, 0.717) is 12.2 Å². The molecule has 0 aliphatic carbocycles. The molecule has 1 atom stereocenters. The molecule has 0 bridgehead atoms. The number of sulfonamides is 1. The third-order valence-corrected chi connectivity index (χ3v) is 8.24. The molecule has 7 nitrogen and oxygen atoms in total. The predicted molar refractivity (Wildman–Crippen MR) is 166 cm³/mol. The van der Waals surface area contributed by atoms with Crippen molar-refractivity contribution < 1.29 is 22.4 Å². The largest absolute Gasteiger partial charge is 0.354 e. The number of nitrogens with one attached hydrogen (secondary N) is 1. The monoisotopic (exact) mass is 595 g/mol. The summed E-state index contributed by atoms with van der Waals surface area (Å²) in [5, 5.41) is 2.92. The summed E-state index contributed by atoms with van der Waals surface area (Å²) in [5.41, 5.74) is 2.25. The molecular weight excluding hydrogens is 553 g/mol. The highest BCUT2D eigenvalue weighted by Crippen LogP contribution is 2.26. The molecule has 0 saturated heterocycles. The van der Waals surface area contributed by atoms with E-state index in [1.54, 1.807) is 30.3 Å². The first-order valence-electron chi connectivity index (χ1n) is 14.2. The van der Waals surface area contributed by atoms with E-state index in [2.05, 4.69) is 26.1 Å². The lowest BCUT2D eigenvalue weighted by Crippen LogP contribution is -2.53. The Morgan fingerprint density at radius 2 is 1.55 bits per heavy atom. The van der Waals surface area contributed by atoms with Gasteiger partial charge in [-0.25, -0.2) is 12.8 Å². The van der Waals surface area contributed by atoms with E-state index in [4.69, 9.17) is 0 Å². The van der Waals surface area contributed by atoms with Crippen LogP contribution in [0.1, 0.15) is 57.2 Å². The van der Waals surface area contributed by atoms with Crippen LogP contribution >= 0.6 is 0 Å². The van der Waals surface area contributed by atoms with Gasteiger partial charge in [0, 0.05) is 25.1 Å². The number of benzene rings is 3. The Morgan fingerprint density at radius 1 is 0.929 bits per heavy atom. The van der Waals surface area contributed by atoms with Crippen LogP contribution in [0.4, 0.5) is 10.1 Å². The second-order valence-corrected chi connectivity index (χ2v) is 13.4. The topological polar surface area (TPSA) is 86.8 Å². The van der Waals surface area contributed by atoms with Crippen molar-refractivity contribution >= 4 is 27.5 Å². The van der Waals surface area contributed by atoms with Gasteiger partial charge in [0.1, 0.15) is 18.4 Å². The molecule has 3 aromatic carbocycles. The second-order valence-electron chi connectivity index (χ2n) is 11.5. The van der Waals surface area contributed by atoms with Crippen LogP contribution in [-0.2, 0) is 38.0 Å². The molecule has 3 rings (SSSR count). The molecule has 0 aromatic heterocycles. The molecule has 0 heterocycles. The number of hydrogen-bond acceptors (Lipinski definition) is 4. The second kappa shape index (κ2) is 14.4. The van der Waals surface area contributed by atoms with Gasteiger partial charge in [-0.3, -0.25) is 13.9 Å². The summed E-state index contributed by atoms with van der Waals surface area (Å²) in [7, 11) is -3.89. The van der Waals surface area contributed by atoms with Crippen LogP contribution in [0.25, 0.3) is 0 Å². The van der Waals surface area contributed by atoms with Crippen molar-refractivity contribution in [3.05, 3.63) is 101 Å². The Bertz CT molecular complexity index is 1440. The summed E-state index contributed by atoms with van der Waals surface area (Å²) in [6.45, 7) is 7.85. The van der Waals surface area contributed by atoms with Gasteiger partial charge in [0.05, 0.1) is 11.9 Å². The minimum atomic E-state index is -3.89. The lowest BCUT2D eigenvalue weighted by atomic mass is 9.87. The minimum absolute atomic E-state index is 0.142. The van der Waals surface area contributed by atoms with Crippen molar-refractivity contribution in [2.45, 2.75) is 65.0 Å². The molecule has 3 aromatic rings. The fraction of sp³-hybridized carbons (Fsp3) is 0.394. The highest BCUT2D eigenvalue weighted by Gasteiger charge is 2.33. The van der Waals surface area contributed by atoms with Crippen LogP contribution in [0, 0.1) is 5.82 Å². The minimum Gasteiger partial charge on any atom is -0.354 e. The van der Waals surface area contributed by atoms with Crippen molar-refractivity contribution in [1.82, 2.24) is 10.2 Å². The summed E-state index contributed by atoms with van der Waals surface area (Å²) >= 11 is 0. The zero-order valence-electron chi connectivity index (χ0n) is 25.1. The van der Waals surface area contributed by atoms with Gasteiger partial charge >= 0.3 is 0 Å². The Kier molecular flexibility index (Phi) is 11.3. The van der Waals surface area contributed by atoms with Gasteiger partial charge in [0.2, 0.25) is 21.8 Å². The number of anilines is 1. The zero-order valence-corrected chi connectivity index (χ0v) is 26.0. The first-order valence-corrected chi connectivity index (χ1v) is 16.1. The van der Waals surface area contributed by atoms with E-state index in [0.717, 1.165) is 34.5 Å². The Morgan fingerprint density at radius 3 is 2.12 bits per heavy atom. The van der Waals surface area contributed by atoms with E-state index < -0.39 is 34.3 Å². The van der Waals surface area contributed by atoms with Crippen LogP contribution in [0.5, 0.6) is 0 Å². The summed E-state index contributed by atoms with van der Waals surface area (Å²) < 4.78 is 41.8. The van der Waals surface area contributed by atoms with Gasteiger partial charge in [-0.15, -0.1) is 0 Å².